The first-order valence-electron chi connectivity index (χ1n) is 22.9. The number of benzene rings is 2. The third-order valence-electron chi connectivity index (χ3n) is 13.8. The Kier molecular flexibility index (Phi) is 15.7. The smallest absolute Gasteiger partial charge is 0.231 e. The van der Waals surface area contributed by atoms with Crippen LogP contribution in [0.15, 0.2) is 12.1 Å². The van der Waals surface area contributed by atoms with Gasteiger partial charge in [0.15, 0.2) is 23.0 Å². The Morgan fingerprint density at radius 1 is 0.767 bits per heavy atom. The lowest BCUT2D eigenvalue weighted by Crippen LogP contribution is -2.41. The number of methoxy groups -OCH3 is 2. The molecule has 12 nitrogen and oxygen atoms in total. The monoisotopic (exact) mass is 839 g/mol. The maximum absolute atomic E-state index is 10.7. The molecule has 2 aromatic rings. The van der Waals surface area contributed by atoms with Crippen LogP contribution in [0.25, 0.3) is 0 Å². The van der Waals surface area contributed by atoms with Gasteiger partial charge in [-0.1, -0.05) is 54.4 Å². The minimum atomic E-state index is -0.489. The Hall–Kier alpha value is -3.00. The van der Waals surface area contributed by atoms with E-state index in [9.17, 15) is 5.11 Å². The van der Waals surface area contributed by atoms with Gasteiger partial charge in [0, 0.05) is 37.3 Å². The fourth-order valence-electron chi connectivity index (χ4n) is 10.2. The summed E-state index contributed by atoms with van der Waals surface area (Å²) in [6, 6.07) is 4.15. The minimum absolute atomic E-state index is 0.242. The summed E-state index contributed by atoms with van der Waals surface area (Å²) in [6.07, 6.45) is 10.2. The zero-order valence-electron chi connectivity index (χ0n) is 37.7. The average molecular weight is 839 g/mol. The summed E-state index contributed by atoms with van der Waals surface area (Å²) >= 11 is 0. The van der Waals surface area contributed by atoms with Gasteiger partial charge in [0.05, 0.1) is 52.4 Å². The van der Waals surface area contributed by atoms with Gasteiger partial charge in [-0.25, -0.2) is 0 Å². The second-order valence-corrected chi connectivity index (χ2v) is 19.0. The fraction of sp³-hybridized carbons (Fsp3) is 0.750. The Balaban J connectivity index is 0.000000151. The highest BCUT2D eigenvalue weighted by atomic mass is 16.7. The molecule has 5 aliphatic heterocycles. The number of β-amino-alcohol motifs (C(OH)–C–C–N with tert-alkyl or cyclic N) is 1. The normalized spacial score (nSPS) is 28.1. The van der Waals surface area contributed by atoms with Crippen LogP contribution >= 0.6 is 0 Å². The molecule has 3 fully saturated rings. The molecule has 2 aliphatic carbocycles. The first-order chi connectivity index (χ1) is 29.0. The predicted molar refractivity (Wildman–Crippen MR) is 231 cm³/mol. The molecule has 0 bridgehead atoms. The SMILES string of the molecule is CC1CCC(C(C)C)C(OCC2CO2)C1.COc1c2c(cc3c1OCO3)CCN(CC(O)COC1CC(C)CCC1C(C)C)C2.COc1c2c(cc3c1OCO3)CCNC2. The number of fused-ring (bicyclic) bond motifs is 4. The van der Waals surface area contributed by atoms with Crippen LogP contribution in [0, 0.1) is 35.5 Å². The first-order valence-corrected chi connectivity index (χ1v) is 22.9. The average Bonchev–Trinajstić information content (AvgIpc) is 3.75. The molecule has 2 aromatic carbocycles. The molecule has 0 amide bonds. The van der Waals surface area contributed by atoms with Gasteiger partial charge in [0.25, 0.3) is 0 Å². The number of nitrogens with zero attached hydrogens (tertiary/aromatic N) is 1. The Labute approximate surface area is 359 Å². The largest absolute Gasteiger partial charge is 0.492 e. The van der Waals surface area contributed by atoms with Gasteiger partial charge >= 0.3 is 0 Å². The second kappa shape index (κ2) is 20.9. The van der Waals surface area contributed by atoms with Gasteiger partial charge in [-0.15, -0.1) is 0 Å². The van der Waals surface area contributed by atoms with Crippen LogP contribution in [0.2, 0.25) is 0 Å². The van der Waals surface area contributed by atoms with Crippen molar-refractivity contribution in [2.45, 2.75) is 130 Å². The fourth-order valence-corrected chi connectivity index (χ4v) is 10.2. The van der Waals surface area contributed by atoms with Crippen LogP contribution in [0.5, 0.6) is 34.5 Å². The number of ether oxygens (including phenoxy) is 9. The second-order valence-electron chi connectivity index (χ2n) is 19.0. The molecule has 0 aromatic heterocycles. The van der Waals surface area contributed by atoms with E-state index < -0.39 is 6.10 Å². The lowest BCUT2D eigenvalue weighted by molar-refractivity contribution is -0.0744. The number of aliphatic hydroxyl groups excluding tert-OH is 1. The third kappa shape index (κ3) is 11.1. The molecule has 0 spiro atoms. The van der Waals surface area contributed by atoms with E-state index in [4.69, 9.17) is 42.6 Å². The molecule has 8 atom stereocenters. The van der Waals surface area contributed by atoms with Gasteiger partial charge < -0.3 is 53.1 Å². The van der Waals surface area contributed by atoms with E-state index >= 15 is 0 Å². The van der Waals surface area contributed by atoms with Crippen molar-refractivity contribution in [2.75, 3.05) is 67.3 Å². The van der Waals surface area contributed by atoms with Crippen molar-refractivity contribution in [3.05, 3.63) is 34.4 Å². The van der Waals surface area contributed by atoms with E-state index in [0.717, 1.165) is 111 Å². The van der Waals surface area contributed by atoms with Gasteiger partial charge in [-0.05, 0) is 104 Å². The van der Waals surface area contributed by atoms with Crippen molar-refractivity contribution in [3.63, 3.8) is 0 Å². The maximum Gasteiger partial charge on any atom is 0.231 e. The molecular formula is C48H74N2O10. The van der Waals surface area contributed by atoms with E-state index in [1.165, 1.54) is 48.8 Å². The number of rotatable bonds is 12. The quantitative estimate of drug-likeness (QED) is 0.205. The molecule has 1 saturated heterocycles. The van der Waals surface area contributed by atoms with Gasteiger partial charge in [-0.3, -0.25) is 4.90 Å². The molecule has 9 rings (SSSR count). The van der Waals surface area contributed by atoms with Crippen LogP contribution in [-0.4, -0.2) is 102 Å². The molecular weight excluding hydrogens is 765 g/mol. The van der Waals surface area contributed by atoms with Crippen molar-refractivity contribution < 1.29 is 47.7 Å². The predicted octanol–water partition coefficient (Wildman–Crippen LogP) is 7.55. The summed E-state index contributed by atoms with van der Waals surface area (Å²) in [7, 11) is 3.35. The topological polar surface area (TPSA) is 122 Å². The highest BCUT2D eigenvalue weighted by molar-refractivity contribution is 5.61. The summed E-state index contributed by atoms with van der Waals surface area (Å²) in [6.45, 7) is 20.7. The van der Waals surface area contributed by atoms with Gasteiger partial charge in [-0.2, -0.15) is 0 Å². The number of nitrogens with one attached hydrogen (secondary N) is 1. The van der Waals surface area contributed by atoms with Gasteiger partial charge in [0.1, 0.15) is 6.10 Å². The summed E-state index contributed by atoms with van der Waals surface area (Å²) in [4.78, 5) is 2.28. The summed E-state index contributed by atoms with van der Waals surface area (Å²) < 4.78 is 50.5. The molecule has 8 unspecified atom stereocenters. The molecule has 2 N–H and O–H groups in total. The molecule has 7 aliphatic rings. The van der Waals surface area contributed by atoms with Crippen molar-refractivity contribution in [1.29, 1.82) is 0 Å². The van der Waals surface area contributed by atoms with Crippen molar-refractivity contribution >= 4 is 0 Å². The van der Waals surface area contributed by atoms with Crippen LogP contribution in [0.1, 0.15) is 102 Å². The Morgan fingerprint density at radius 2 is 1.33 bits per heavy atom. The van der Waals surface area contributed by atoms with E-state index in [0.29, 0.717) is 55.7 Å². The Bertz CT molecular complexity index is 1700. The summed E-state index contributed by atoms with van der Waals surface area (Å²) in [5, 5.41) is 14.0. The third-order valence-corrected chi connectivity index (χ3v) is 13.8. The molecule has 60 heavy (non-hydrogen) atoms. The molecule has 0 radical (unpaired) electrons. The highest BCUT2D eigenvalue weighted by Gasteiger charge is 2.35. The number of hydrogen-bond acceptors (Lipinski definition) is 12. The highest BCUT2D eigenvalue weighted by Crippen LogP contribution is 2.47. The Morgan fingerprint density at radius 3 is 1.90 bits per heavy atom. The first kappa shape index (κ1) is 45.0. The summed E-state index contributed by atoms with van der Waals surface area (Å²) in [5.74, 6) is 8.92. The van der Waals surface area contributed by atoms with Crippen molar-refractivity contribution in [2.24, 2.45) is 35.5 Å². The van der Waals surface area contributed by atoms with E-state index in [1.807, 2.05) is 0 Å². The van der Waals surface area contributed by atoms with Crippen molar-refractivity contribution in [1.82, 2.24) is 10.2 Å². The maximum atomic E-state index is 10.7. The van der Waals surface area contributed by atoms with Crippen LogP contribution in [0.3, 0.4) is 0 Å². The number of hydrogen-bond donors (Lipinski definition) is 2. The van der Waals surface area contributed by atoms with E-state index in [-0.39, 0.29) is 12.9 Å². The molecule has 336 valence electrons. The van der Waals surface area contributed by atoms with Crippen molar-refractivity contribution in [3.8, 4) is 34.5 Å². The molecule has 5 heterocycles. The van der Waals surface area contributed by atoms with Crippen LogP contribution < -0.4 is 33.7 Å². The number of epoxide rings is 1. The van der Waals surface area contributed by atoms with E-state index in [2.05, 4.69) is 63.9 Å². The van der Waals surface area contributed by atoms with Gasteiger partial charge in [0.2, 0.25) is 25.1 Å². The molecule has 2 saturated carbocycles. The van der Waals surface area contributed by atoms with E-state index in [1.54, 1.807) is 14.2 Å². The lowest BCUT2D eigenvalue weighted by atomic mass is 9.75. The lowest BCUT2D eigenvalue weighted by Gasteiger charge is -2.38. The zero-order chi connectivity index (χ0) is 42.3. The standard InChI is InChI=1S/C24H37NO5.C13H24O2.C11H13NO3/c1-15(2)19-6-5-16(3)9-21(19)28-13-18(26)11-25-8-7-17-10-22-24(30-14-29-22)23(27-4)20(17)12-25;1-9(2)12-5-4-10(3)6-13(12)15-8-11-7-14-11;1-13-10-8-5-12-3-2-7(8)4-9-11(10)15-6-14-9/h10,15-16,18-19,21,26H,5-9,11-14H2,1-4H3;9-13H,4-8H2,1-3H3;4,12H,2-3,5-6H2,1H3. The molecule has 12 heteroatoms. The number of aliphatic hydroxyl groups is 1. The van der Waals surface area contributed by atoms with Crippen LogP contribution in [0.4, 0.5) is 0 Å². The minimum Gasteiger partial charge on any atom is -0.492 e. The zero-order valence-corrected chi connectivity index (χ0v) is 37.7. The van der Waals surface area contributed by atoms with Crippen LogP contribution in [-0.2, 0) is 40.1 Å². The summed E-state index contributed by atoms with van der Waals surface area (Å²) in [5.41, 5.74) is 4.89.